The molecule has 2 rings (SSSR count). The molecule has 1 aliphatic rings. The molecule has 15 atom stereocenters. The van der Waals surface area contributed by atoms with Crippen LogP contribution in [0.2, 0.25) is 0 Å². The van der Waals surface area contributed by atoms with Gasteiger partial charge in [-0.15, -0.1) is 0 Å². The van der Waals surface area contributed by atoms with Gasteiger partial charge in [-0.25, -0.2) is 5.43 Å². The zero-order chi connectivity index (χ0) is 102. The van der Waals surface area contributed by atoms with Gasteiger partial charge in [0.1, 0.15) is 72.2 Å². The lowest BCUT2D eigenvalue weighted by molar-refractivity contribution is -0.142. The van der Waals surface area contributed by atoms with Crippen LogP contribution >= 0.6 is 0 Å². The lowest BCUT2D eigenvalue weighted by Gasteiger charge is -2.35. The smallest absolute Gasteiger partial charge is 0.305 e. The lowest BCUT2D eigenvalue weighted by atomic mass is 9.88. The third-order valence-electron chi connectivity index (χ3n) is 22.1. The Hall–Kier alpha value is -13.1. The number of allylic oxidation sites excluding steroid dienone is 2. The number of Topliss-reactive ketones (excluding diaryl/α,β-unsaturated/α-hetero) is 2. The molecule has 14 amide bonds. The monoisotopic (exact) mass is 1920 g/mol. The Morgan fingerprint density at radius 3 is 1.46 bits per heavy atom. The highest BCUT2D eigenvalue weighted by Gasteiger charge is 2.45. The molecule has 49 heteroatoms. The maximum Gasteiger partial charge on any atom is 0.305 e. The number of aliphatic carboxylic acids is 1. The van der Waals surface area contributed by atoms with Gasteiger partial charge in [-0.2, -0.15) is 0 Å². The van der Waals surface area contributed by atoms with Crippen LogP contribution in [0.15, 0.2) is 42.5 Å². The van der Waals surface area contributed by atoms with Gasteiger partial charge in [-0.3, -0.25) is 114 Å². The summed E-state index contributed by atoms with van der Waals surface area (Å²) in [4.78, 5) is 255. The first-order valence-electron chi connectivity index (χ1n) is 46.0. The molecular formula is C87H150N30O19. The standard InChI is InChI=1S/C87H150N30O19/c1-49(2)43-61-77(132)109-57(29-19-22-38-88)75(130)108-58(31-24-40-101-83(93)94)72(127)104-51(5)70(125)112-63(45-53-27-17-16-18-28-53)76(131)105-52(6)71(126)116-87(8,81(136)114-62(44-50(3)4)78(133)110-59(32-25-41-102-84(95)96)73(128)106-54(48-118)46-67(121)122)37-21-15-13-11-9-10-12-14-20-36-86(7,80(135)113-61)115-56(34-35-65(89)119)69(124)68(123)55(30-23-39-100-82(91)92)107-74(129)60(33-26-42-103-85(97)98)111-79(134)64(117-99)47-66(90)120/h11,13,16-18,27-28,48-52,54-64,115,117H,9-10,12,14-15,19-26,29-47,88,99H2,1-8H3,(H2,89,119)(H2,90,120)(H,104,127)(H,105,131)(H,106,128)(H,107,129)(H,108,130)(H,109,132)(H,110,133)(H,111,134)(H,112,125)(H,113,135)(H,114,136)(H,116,126)(H,121,122)(H4,91,92,100)(H4,93,94,101)(H4,95,96,102)(H4,97,98,103)/t51?,52?,54-,55-,56-,57?,58-,59-,60?,61-,62?,63-,64-,86?,87?/m0/s1. The van der Waals surface area contributed by atoms with E-state index in [1.54, 1.807) is 58.0 Å². The van der Waals surface area contributed by atoms with Crippen LogP contribution in [0.5, 0.6) is 0 Å². The molecule has 1 heterocycles. The molecule has 762 valence electrons. The second kappa shape index (κ2) is 63.2. The van der Waals surface area contributed by atoms with Crippen LogP contribution in [-0.4, -0.2) is 258 Å². The normalized spacial score (nSPS) is 21.0. The first-order valence-corrected chi connectivity index (χ1v) is 46.0. The van der Waals surface area contributed by atoms with Crippen molar-refractivity contribution in [2.75, 3.05) is 32.7 Å². The summed E-state index contributed by atoms with van der Waals surface area (Å²) in [5.41, 5.74) is 37.9. The first-order chi connectivity index (χ1) is 64.1. The van der Waals surface area contributed by atoms with Crippen LogP contribution in [0.1, 0.15) is 228 Å². The summed E-state index contributed by atoms with van der Waals surface area (Å²) in [7, 11) is 0. The summed E-state index contributed by atoms with van der Waals surface area (Å²) in [5.74, 6) is -13.9. The predicted molar refractivity (Wildman–Crippen MR) is 505 cm³/mol. The van der Waals surface area contributed by atoms with Gasteiger partial charge in [0.25, 0.3) is 0 Å². The number of benzene rings is 1. The van der Waals surface area contributed by atoms with Crippen molar-refractivity contribution in [2.24, 2.45) is 57.8 Å². The van der Waals surface area contributed by atoms with E-state index in [-0.39, 0.29) is 166 Å². The number of nitrogens with one attached hydrogen (secondary N) is 22. The second-order valence-electron chi connectivity index (χ2n) is 35.2. The molecule has 0 bridgehead atoms. The SMILES string of the molecule is CC(C)CC(NC(=O)C1(C)CCCC=CCCCCCCC(C)(N[C@@H](CCC(N)=O)C(=O)C(=O)[C@H](CCCNC(=N)N)NC(=O)C(CCCNC(=N)N)NC(=O)[C@H](CC(N)=O)NN)C(=O)N[C@@H](CC(C)C)C(=O)NC(CCCCN)C(=O)N[C@@H](CCCNC(=N)N)C(=O)NC(C)C(=O)N[C@@H](Cc2ccccc2)C(=O)NC(C)C(=O)N1)C(=O)N[C@@H](CCCNC(=N)N)C(=O)N[C@H](C=O)CC(=O)O. The number of carbonyl (C=O) groups is 18. The minimum atomic E-state index is -1.99. The number of ketones is 2. The molecule has 0 fully saturated rings. The molecule has 0 aromatic heterocycles. The van der Waals surface area contributed by atoms with Gasteiger partial charge in [0.2, 0.25) is 94.3 Å². The highest BCUT2D eigenvalue weighted by Crippen LogP contribution is 2.24. The summed E-state index contributed by atoms with van der Waals surface area (Å²) in [6.45, 7) is 12.5. The molecule has 0 aliphatic carbocycles. The van der Waals surface area contributed by atoms with E-state index in [0.717, 1.165) is 0 Å². The highest BCUT2D eigenvalue weighted by molar-refractivity contribution is 6.41. The number of carboxylic acid groups (broad SMARTS) is 1. The van der Waals surface area contributed by atoms with E-state index >= 15 is 24.0 Å². The van der Waals surface area contributed by atoms with E-state index in [9.17, 15) is 67.4 Å². The first kappa shape index (κ1) is 119. The molecule has 49 nitrogen and oxygen atoms in total. The molecule has 0 saturated heterocycles. The lowest BCUT2D eigenvalue weighted by Crippen LogP contribution is -2.64. The number of nitrogens with two attached hydrogens (primary N) is 8. The van der Waals surface area contributed by atoms with Crippen LogP contribution < -0.4 is 142 Å². The number of hydrogen-bond acceptors (Lipinski definition) is 26. The van der Waals surface area contributed by atoms with E-state index in [0.29, 0.717) is 37.7 Å². The summed E-state index contributed by atoms with van der Waals surface area (Å²) < 4.78 is 0. The van der Waals surface area contributed by atoms with Crippen LogP contribution in [0.4, 0.5) is 0 Å². The van der Waals surface area contributed by atoms with E-state index in [1.807, 2.05) is 12.2 Å². The zero-order valence-corrected chi connectivity index (χ0v) is 79.3. The van der Waals surface area contributed by atoms with E-state index in [2.05, 4.69) is 95.8 Å². The van der Waals surface area contributed by atoms with Crippen LogP contribution in [-0.2, 0) is 92.7 Å². The van der Waals surface area contributed by atoms with Crippen LogP contribution in [0.3, 0.4) is 0 Å². The van der Waals surface area contributed by atoms with Crippen molar-refractivity contribution >= 4 is 130 Å². The Morgan fingerprint density at radius 1 is 0.485 bits per heavy atom. The van der Waals surface area contributed by atoms with Gasteiger partial charge in [0.05, 0.1) is 36.5 Å². The van der Waals surface area contributed by atoms with Crippen molar-refractivity contribution < 1.29 is 91.4 Å². The van der Waals surface area contributed by atoms with Crippen molar-refractivity contribution in [1.29, 1.82) is 21.6 Å². The number of unbranched alkanes of at least 4 members (excludes halogenated alkanes) is 1. The molecule has 1 aromatic rings. The third-order valence-corrected chi connectivity index (χ3v) is 22.1. The van der Waals surface area contributed by atoms with Gasteiger partial charge in [0, 0.05) is 39.0 Å². The topological polar surface area (TPSA) is 848 Å². The number of carboxylic acids is 1. The number of carbonyl (C=O) groups excluding carboxylic acids is 17. The van der Waals surface area contributed by atoms with E-state index in [1.165, 1.54) is 27.7 Å². The number of hydrazine groups is 1. The van der Waals surface area contributed by atoms with Gasteiger partial charge < -0.3 is 135 Å². The fourth-order valence-electron chi connectivity index (χ4n) is 14.6. The minimum Gasteiger partial charge on any atom is -0.481 e. The number of amides is 14. The Bertz CT molecular complexity index is 4220. The van der Waals surface area contributed by atoms with Crippen LogP contribution in [0, 0.1) is 33.5 Å². The van der Waals surface area contributed by atoms with Crippen molar-refractivity contribution in [3.63, 3.8) is 0 Å². The number of rotatable bonds is 50. The summed E-state index contributed by atoms with van der Waals surface area (Å²) in [5, 5.41) is 85.2. The average Bonchev–Trinajstić information content (AvgIpc) is 0.818. The molecule has 136 heavy (non-hydrogen) atoms. The predicted octanol–water partition coefficient (Wildman–Crippen LogP) is -5.67. The van der Waals surface area contributed by atoms with Crippen molar-refractivity contribution in [1.82, 2.24) is 95.8 Å². The van der Waals surface area contributed by atoms with Gasteiger partial charge in [-0.1, -0.05) is 89.4 Å². The van der Waals surface area contributed by atoms with Crippen molar-refractivity contribution in [3.05, 3.63) is 48.0 Å². The fraction of sp³-hybridized carbons (Fsp3) is 0.655. The van der Waals surface area contributed by atoms with Crippen LogP contribution in [0.25, 0.3) is 0 Å². The van der Waals surface area contributed by atoms with Crippen molar-refractivity contribution in [2.45, 2.75) is 318 Å². The maximum atomic E-state index is 15.7. The number of guanidine groups is 4. The minimum absolute atomic E-state index is 0.000251. The number of aldehydes is 1. The summed E-state index contributed by atoms with van der Waals surface area (Å²) in [6.07, 6.45) is 2.94. The van der Waals surface area contributed by atoms with E-state index in [4.69, 9.17) is 67.6 Å². The highest BCUT2D eigenvalue weighted by atomic mass is 16.4. The zero-order valence-electron chi connectivity index (χ0n) is 79.3. The molecule has 0 radical (unpaired) electrons. The molecule has 1 aliphatic heterocycles. The summed E-state index contributed by atoms with van der Waals surface area (Å²) >= 11 is 0. The molecule has 0 saturated carbocycles. The molecule has 7 unspecified atom stereocenters. The van der Waals surface area contributed by atoms with Gasteiger partial charge in [0.15, 0.2) is 23.8 Å². The van der Waals surface area contributed by atoms with Gasteiger partial charge >= 0.3 is 5.97 Å². The second-order valence-corrected chi connectivity index (χ2v) is 35.2. The number of primary amides is 2. The Labute approximate surface area is 792 Å². The Balaban J connectivity index is 3.08. The average molecular weight is 1920 g/mol. The maximum absolute atomic E-state index is 15.7. The third kappa shape index (κ3) is 47.7. The molecular weight excluding hydrogens is 1770 g/mol. The largest absolute Gasteiger partial charge is 0.481 e. The summed E-state index contributed by atoms with van der Waals surface area (Å²) in [6, 6.07) is -11.5. The van der Waals surface area contributed by atoms with E-state index < -0.39 is 239 Å². The Kier molecular flexibility index (Phi) is 55.3. The van der Waals surface area contributed by atoms with Crippen molar-refractivity contribution in [3.8, 4) is 0 Å². The number of hydrogen-bond donors (Lipinski definition) is 31. The Morgan fingerprint density at radius 2 is 0.949 bits per heavy atom. The molecule has 1 aromatic carbocycles. The molecule has 39 N–H and O–H groups in total. The quantitative estimate of drug-likeness (QED) is 0.00423. The van der Waals surface area contributed by atoms with Gasteiger partial charge in [-0.05, 0) is 180 Å². The fourth-order valence-corrected chi connectivity index (χ4v) is 14.6. The molecule has 0 spiro atoms.